The Morgan fingerprint density at radius 1 is 1.38 bits per heavy atom. The number of hydroxylamine groups is 1. The number of nitrogens with one attached hydrogen (secondary N) is 1. The van der Waals surface area contributed by atoms with Crippen LogP contribution in [0.1, 0.15) is 27.7 Å². The van der Waals surface area contributed by atoms with E-state index in [2.05, 4.69) is 26.3 Å². The minimum atomic E-state index is -0.742. The Bertz CT molecular complexity index is 265. The average Bonchev–Trinajstić information content (AvgIpc) is 2.12. The highest BCUT2D eigenvalue weighted by molar-refractivity contribution is 9.07. The van der Waals surface area contributed by atoms with Gasteiger partial charge in [0.2, 0.25) is 0 Å². The molecule has 1 N–H and O–H groups in total. The van der Waals surface area contributed by atoms with E-state index < -0.39 is 23.6 Å². The quantitative estimate of drug-likeness (QED) is 0.634. The number of hydrogen-bond acceptors (Lipinski definition) is 4. The van der Waals surface area contributed by atoms with Crippen LogP contribution in [0.2, 0.25) is 0 Å². The summed E-state index contributed by atoms with van der Waals surface area (Å²) in [6.07, 6.45) is -0.648. The fourth-order valence-corrected chi connectivity index (χ4v) is 1.10. The first-order chi connectivity index (χ1) is 7.17. The van der Waals surface area contributed by atoms with Crippen LogP contribution in [0, 0.1) is 0 Å². The van der Waals surface area contributed by atoms with Crippen LogP contribution in [0.5, 0.6) is 0 Å². The van der Waals surface area contributed by atoms with Gasteiger partial charge in [-0.2, -0.15) is 0 Å². The molecule has 0 heterocycles. The van der Waals surface area contributed by atoms with Gasteiger partial charge in [0, 0.05) is 0 Å². The van der Waals surface area contributed by atoms with Crippen LogP contribution in [-0.2, 0) is 14.4 Å². The summed E-state index contributed by atoms with van der Waals surface area (Å²) in [6.45, 7) is 6.75. The Balaban J connectivity index is 4.20. The number of ether oxygens (including phenoxy) is 1. The highest BCUT2D eigenvalue weighted by Crippen LogP contribution is 2.07. The van der Waals surface area contributed by atoms with Gasteiger partial charge >= 0.3 is 6.09 Å². The van der Waals surface area contributed by atoms with Gasteiger partial charge in [-0.3, -0.25) is 9.63 Å². The zero-order valence-electron chi connectivity index (χ0n) is 10.0. The first-order valence-corrected chi connectivity index (χ1v) is 5.41. The maximum Gasteiger partial charge on any atom is 0.408 e. The molecule has 0 unspecified atom stereocenters. The van der Waals surface area contributed by atoms with Crippen LogP contribution in [0.25, 0.3) is 0 Å². The third-order valence-electron chi connectivity index (χ3n) is 1.44. The zero-order valence-corrected chi connectivity index (χ0v) is 11.6. The molecule has 0 aromatic carbocycles. The molecule has 0 saturated heterocycles. The molecule has 0 bridgehead atoms. The van der Waals surface area contributed by atoms with Crippen molar-refractivity contribution < 1.29 is 19.2 Å². The van der Waals surface area contributed by atoms with Gasteiger partial charge in [-0.1, -0.05) is 0 Å². The molecule has 0 rings (SSSR count). The maximum absolute atomic E-state index is 11.5. The molecule has 0 spiro atoms. The van der Waals surface area contributed by atoms with Crippen molar-refractivity contribution in [1.82, 2.24) is 9.41 Å². The fourth-order valence-electron chi connectivity index (χ4n) is 0.788. The number of carbonyl (C=O) groups excluding carboxylic acids is 2. The summed E-state index contributed by atoms with van der Waals surface area (Å²) in [5.41, 5.74) is -0.595. The second kappa shape index (κ2) is 6.05. The van der Waals surface area contributed by atoms with E-state index in [1.807, 2.05) is 0 Å². The molecule has 0 aliphatic heterocycles. The summed E-state index contributed by atoms with van der Waals surface area (Å²) in [7, 11) is 1.33. The standard InChI is InChI=1S/C9H17BrN2O4/c1-6(7(13)12(10)15-5)11-8(14)16-9(2,3)4/h6H,1-5H3,(H,11,14)/t6-/m0/s1. The number of rotatable bonds is 3. The normalized spacial score (nSPS) is 12.9. The molecule has 7 heteroatoms. The molecule has 16 heavy (non-hydrogen) atoms. The smallest absolute Gasteiger partial charge is 0.408 e. The van der Waals surface area contributed by atoms with Crippen LogP contribution < -0.4 is 5.32 Å². The molecule has 1 atom stereocenters. The third kappa shape index (κ3) is 5.92. The van der Waals surface area contributed by atoms with Gasteiger partial charge in [-0.25, -0.2) is 4.79 Å². The maximum atomic E-state index is 11.5. The first-order valence-electron chi connectivity index (χ1n) is 4.70. The summed E-state index contributed by atoms with van der Waals surface area (Å²) in [5.74, 6) is -0.437. The molecule has 0 aliphatic carbocycles. The van der Waals surface area contributed by atoms with Crippen molar-refractivity contribution in [2.45, 2.75) is 39.3 Å². The lowest BCUT2D eigenvalue weighted by molar-refractivity contribution is -0.150. The number of alkyl carbamates (subject to hydrolysis) is 1. The fraction of sp³-hybridized carbons (Fsp3) is 0.778. The lowest BCUT2D eigenvalue weighted by Crippen LogP contribution is -2.45. The Kier molecular flexibility index (Phi) is 5.74. The van der Waals surface area contributed by atoms with Crippen LogP contribution in [0.15, 0.2) is 0 Å². The van der Waals surface area contributed by atoms with Gasteiger partial charge in [0.25, 0.3) is 5.91 Å². The van der Waals surface area contributed by atoms with Gasteiger partial charge < -0.3 is 10.1 Å². The van der Waals surface area contributed by atoms with Crippen molar-refractivity contribution in [2.75, 3.05) is 7.11 Å². The summed E-state index contributed by atoms with van der Waals surface area (Å²) >= 11 is 2.86. The lowest BCUT2D eigenvalue weighted by Gasteiger charge is -2.22. The van der Waals surface area contributed by atoms with Crippen molar-refractivity contribution in [1.29, 1.82) is 0 Å². The van der Waals surface area contributed by atoms with Gasteiger partial charge in [0.1, 0.15) is 11.6 Å². The van der Waals surface area contributed by atoms with Crippen molar-refractivity contribution in [3.05, 3.63) is 0 Å². The Hall–Kier alpha value is -0.820. The molecule has 0 aromatic heterocycles. The number of carbonyl (C=O) groups is 2. The van der Waals surface area contributed by atoms with Crippen molar-refractivity contribution in [3.63, 3.8) is 0 Å². The van der Waals surface area contributed by atoms with E-state index >= 15 is 0 Å². The molecule has 0 saturated carbocycles. The lowest BCUT2D eigenvalue weighted by atomic mass is 10.2. The zero-order chi connectivity index (χ0) is 12.9. The van der Waals surface area contributed by atoms with Crippen LogP contribution in [0.4, 0.5) is 4.79 Å². The van der Waals surface area contributed by atoms with E-state index in [1.165, 1.54) is 14.0 Å². The minimum Gasteiger partial charge on any atom is -0.444 e. The van der Waals surface area contributed by atoms with E-state index in [-0.39, 0.29) is 0 Å². The molecule has 0 aromatic rings. The molecule has 94 valence electrons. The van der Waals surface area contributed by atoms with Gasteiger partial charge in [-0.15, -0.1) is 4.09 Å². The highest BCUT2D eigenvalue weighted by atomic mass is 79.9. The molecule has 6 nitrogen and oxygen atoms in total. The predicted octanol–water partition coefficient (Wildman–Crippen LogP) is 1.60. The average molecular weight is 297 g/mol. The minimum absolute atomic E-state index is 0.437. The molecule has 0 fully saturated rings. The van der Waals surface area contributed by atoms with Crippen molar-refractivity contribution in [3.8, 4) is 0 Å². The van der Waals surface area contributed by atoms with Crippen LogP contribution >= 0.6 is 16.1 Å². The number of nitrogens with zero attached hydrogens (tertiary/aromatic N) is 1. The Morgan fingerprint density at radius 2 is 1.88 bits per heavy atom. The second-order valence-corrected chi connectivity index (χ2v) is 4.78. The molecule has 0 radical (unpaired) electrons. The SMILES string of the molecule is CON(Br)C(=O)[C@H](C)NC(=O)OC(C)(C)C. The first kappa shape index (κ1) is 15.2. The summed E-state index contributed by atoms with van der Waals surface area (Å²) in [6, 6.07) is -0.742. The predicted molar refractivity (Wildman–Crippen MR) is 61.6 cm³/mol. The number of amides is 2. The van der Waals surface area contributed by atoms with Crippen LogP contribution in [0.3, 0.4) is 0 Å². The van der Waals surface area contributed by atoms with Crippen molar-refractivity contribution >= 4 is 28.1 Å². The summed E-state index contributed by atoms with van der Waals surface area (Å²) in [5, 5.41) is 2.39. The van der Waals surface area contributed by atoms with Crippen molar-refractivity contribution in [2.24, 2.45) is 0 Å². The molecule has 0 aliphatic rings. The molecular formula is C9H17BrN2O4. The monoisotopic (exact) mass is 296 g/mol. The highest BCUT2D eigenvalue weighted by Gasteiger charge is 2.23. The van der Waals surface area contributed by atoms with Gasteiger partial charge in [0.05, 0.1) is 23.3 Å². The number of hydrogen-bond donors (Lipinski definition) is 1. The third-order valence-corrected chi connectivity index (χ3v) is 2.08. The molecule has 2 amide bonds. The van der Waals surface area contributed by atoms with Gasteiger partial charge in [-0.05, 0) is 27.7 Å². The molecular weight excluding hydrogens is 280 g/mol. The van der Waals surface area contributed by atoms with E-state index in [4.69, 9.17) is 4.74 Å². The summed E-state index contributed by atoms with van der Waals surface area (Å²) < 4.78 is 5.85. The topological polar surface area (TPSA) is 67.9 Å². The van der Waals surface area contributed by atoms with E-state index in [0.29, 0.717) is 0 Å². The number of halogens is 1. The van der Waals surface area contributed by atoms with Gasteiger partial charge in [0.15, 0.2) is 0 Å². The van der Waals surface area contributed by atoms with E-state index in [1.54, 1.807) is 20.8 Å². The van der Waals surface area contributed by atoms with Crippen LogP contribution in [-0.4, -0.2) is 34.8 Å². The Morgan fingerprint density at radius 3 is 2.25 bits per heavy atom. The second-order valence-electron chi connectivity index (χ2n) is 4.13. The largest absolute Gasteiger partial charge is 0.444 e. The van der Waals surface area contributed by atoms with E-state index in [0.717, 1.165) is 4.09 Å². The van der Waals surface area contributed by atoms with E-state index in [9.17, 15) is 9.59 Å². The Labute approximate surface area is 104 Å². The summed E-state index contributed by atoms with van der Waals surface area (Å²) in [4.78, 5) is 27.4.